The standard InChI is InChI=1S/C19H25N3O/c23-19(17-7-2-1-3-8-17)9-4-6-16-14-21(15-18(16)19)12-13-22-11-5-10-20-22/h1-3,5,7-8,10-11,16,18,23H,4,6,9,12-15H2/t16-,18+,19+/m0/s1. The molecule has 1 aliphatic heterocycles. The first kappa shape index (κ1) is 14.9. The Morgan fingerprint density at radius 3 is 2.78 bits per heavy atom. The molecule has 122 valence electrons. The predicted octanol–water partition coefficient (Wildman–Crippen LogP) is 2.50. The summed E-state index contributed by atoms with van der Waals surface area (Å²) in [5.41, 5.74) is 0.452. The van der Waals surface area contributed by atoms with Gasteiger partial charge in [0, 0.05) is 37.9 Å². The minimum absolute atomic E-state index is 0.358. The highest BCUT2D eigenvalue weighted by Crippen LogP contribution is 2.48. The molecule has 4 nitrogen and oxygen atoms in total. The van der Waals surface area contributed by atoms with Gasteiger partial charge in [0.2, 0.25) is 0 Å². The summed E-state index contributed by atoms with van der Waals surface area (Å²) in [4.78, 5) is 2.51. The van der Waals surface area contributed by atoms with Crippen LogP contribution in [0.2, 0.25) is 0 Å². The highest BCUT2D eigenvalue weighted by Gasteiger charge is 2.49. The lowest BCUT2D eigenvalue weighted by Gasteiger charge is -2.41. The smallest absolute Gasteiger partial charge is 0.0939 e. The monoisotopic (exact) mass is 311 g/mol. The van der Waals surface area contributed by atoms with Gasteiger partial charge in [-0.3, -0.25) is 4.68 Å². The summed E-state index contributed by atoms with van der Waals surface area (Å²) < 4.78 is 1.99. The summed E-state index contributed by atoms with van der Waals surface area (Å²) in [6, 6.07) is 12.3. The Balaban J connectivity index is 1.48. The first-order valence-electron chi connectivity index (χ1n) is 8.73. The molecule has 2 heterocycles. The third-order valence-corrected chi connectivity index (χ3v) is 5.74. The van der Waals surface area contributed by atoms with Gasteiger partial charge in [0.05, 0.1) is 12.1 Å². The van der Waals surface area contributed by atoms with Crippen molar-refractivity contribution in [2.24, 2.45) is 11.8 Å². The van der Waals surface area contributed by atoms with Crippen LogP contribution in [0.1, 0.15) is 24.8 Å². The summed E-state index contributed by atoms with van der Waals surface area (Å²) in [6.07, 6.45) is 7.12. The van der Waals surface area contributed by atoms with Crippen molar-refractivity contribution in [3.63, 3.8) is 0 Å². The lowest BCUT2D eigenvalue weighted by atomic mass is 9.67. The third kappa shape index (κ3) is 2.81. The third-order valence-electron chi connectivity index (χ3n) is 5.74. The Labute approximate surface area is 137 Å². The van der Waals surface area contributed by atoms with E-state index in [0.29, 0.717) is 11.8 Å². The van der Waals surface area contributed by atoms with E-state index in [-0.39, 0.29) is 0 Å². The summed E-state index contributed by atoms with van der Waals surface area (Å²) in [7, 11) is 0. The Bertz CT molecular complexity index is 627. The highest BCUT2D eigenvalue weighted by atomic mass is 16.3. The van der Waals surface area contributed by atoms with Crippen LogP contribution in [0.5, 0.6) is 0 Å². The minimum Gasteiger partial charge on any atom is -0.385 e. The average molecular weight is 311 g/mol. The summed E-state index contributed by atoms with van der Waals surface area (Å²) in [5.74, 6) is 0.975. The number of aromatic nitrogens is 2. The fourth-order valence-electron chi connectivity index (χ4n) is 4.56. The first-order chi connectivity index (χ1) is 11.3. The lowest BCUT2D eigenvalue weighted by molar-refractivity contribution is -0.0647. The molecule has 0 bridgehead atoms. The summed E-state index contributed by atoms with van der Waals surface area (Å²) in [5, 5.41) is 15.7. The van der Waals surface area contributed by atoms with Crippen LogP contribution in [0.25, 0.3) is 0 Å². The molecular formula is C19H25N3O. The van der Waals surface area contributed by atoms with E-state index >= 15 is 0 Å². The van der Waals surface area contributed by atoms with E-state index in [1.165, 1.54) is 6.42 Å². The van der Waals surface area contributed by atoms with E-state index < -0.39 is 5.60 Å². The van der Waals surface area contributed by atoms with E-state index in [4.69, 9.17) is 0 Å². The highest BCUT2D eigenvalue weighted by molar-refractivity contribution is 5.25. The Kier molecular flexibility index (Phi) is 3.95. The molecule has 0 unspecified atom stereocenters. The van der Waals surface area contributed by atoms with Crippen molar-refractivity contribution in [2.45, 2.75) is 31.4 Å². The maximum atomic E-state index is 11.4. The minimum atomic E-state index is -0.648. The number of nitrogens with zero attached hydrogens (tertiary/aromatic N) is 3. The van der Waals surface area contributed by atoms with Crippen molar-refractivity contribution in [2.75, 3.05) is 19.6 Å². The molecule has 3 atom stereocenters. The van der Waals surface area contributed by atoms with Crippen molar-refractivity contribution in [3.8, 4) is 0 Å². The van der Waals surface area contributed by atoms with Gasteiger partial charge in [0.25, 0.3) is 0 Å². The average Bonchev–Trinajstić information content (AvgIpc) is 3.24. The number of hydrogen-bond donors (Lipinski definition) is 1. The number of benzene rings is 1. The van der Waals surface area contributed by atoms with Crippen molar-refractivity contribution in [3.05, 3.63) is 54.4 Å². The molecular weight excluding hydrogens is 286 g/mol. The van der Waals surface area contributed by atoms with Crippen LogP contribution in [0, 0.1) is 11.8 Å². The van der Waals surface area contributed by atoms with E-state index in [2.05, 4.69) is 22.1 Å². The molecule has 0 spiro atoms. The Morgan fingerprint density at radius 2 is 2.00 bits per heavy atom. The first-order valence-corrected chi connectivity index (χ1v) is 8.73. The lowest BCUT2D eigenvalue weighted by Crippen LogP contribution is -2.42. The van der Waals surface area contributed by atoms with Gasteiger partial charge in [-0.1, -0.05) is 30.3 Å². The molecule has 2 aromatic rings. The molecule has 1 N–H and O–H groups in total. The van der Waals surface area contributed by atoms with Gasteiger partial charge in [-0.25, -0.2) is 0 Å². The number of hydrogen-bond acceptors (Lipinski definition) is 3. The van der Waals surface area contributed by atoms with Gasteiger partial charge in [-0.2, -0.15) is 5.10 Å². The van der Waals surface area contributed by atoms with Crippen molar-refractivity contribution >= 4 is 0 Å². The van der Waals surface area contributed by atoms with Crippen LogP contribution in [0.3, 0.4) is 0 Å². The molecule has 2 aliphatic rings. The molecule has 1 aromatic heterocycles. The number of likely N-dealkylation sites (tertiary alicyclic amines) is 1. The van der Waals surface area contributed by atoms with Crippen LogP contribution in [-0.2, 0) is 12.1 Å². The zero-order chi connectivity index (χ0) is 15.7. The number of aliphatic hydroxyl groups is 1. The van der Waals surface area contributed by atoms with E-state index in [1.807, 2.05) is 41.3 Å². The zero-order valence-electron chi connectivity index (χ0n) is 13.5. The maximum Gasteiger partial charge on any atom is 0.0939 e. The maximum absolute atomic E-state index is 11.4. The Hall–Kier alpha value is -1.65. The largest absolute Gasteiger partial charge is 0.385 e. The molecule has 1 aliphatic carbocycles. The molecule has 0 radical (unpaired) electrons. The molecule has 4 rings (SSSR count). The summed E-state index contributed by atoms with van der Waals surface area (Å²) in [6.45, 7) is 4.05. The second-order valence-electron chi connectivity index (χ2n) is 7.08. The topological polar surface area (TPSA) is 41.3 Å². The van der Waals surface area contributed by atoms with E-state index in [0.717, 1.165) is 44.6 Å². The molecule has 2 fully saturated rings. The van der Waals surface area contributed by atoms with Gasteiger partial charge in [0.1, 0.15) is 0 Å². The number of fused-ring (bicyclic) bond motifs is 1. The molecule has 0 amide bonds. The van der Waals surface area contributed by atoms with Gasteiger partial charge < -0.3 is 10.0 Å². The molecule has 1 saturated carbocycles. The second-order valence-corrected chi connectivity index (χ2v) is 7.08. The van der Waals surface area contributed by atoms with Gasteiger partial charge in [-0.15, -0.1) is 0 Å². The SMILES string of the molecule is O[C@@]1(c2ccccc2)CCC[C@H]2CN(CCn3cccn3)C[C@H]21. The molecule has 4 heteroatoms. The van der Waals surface area contributed by atoms with Gasteiger partial charge in [-0.05, 0) is 36.8 Å². The molecule has 1 saturated heterocycles. The van der Waals surface area contributed by atoms with E-state index in [1.54, 1.807) is 0 Å². The predicted molar refractivity (Wildman–Crippen MR) is 89.8 cm³/mol. The van der Waals surface area contributed by atoms with Gasteiger partial charge in [0.15, 0.2) is 0 Å². The second kappa shape index (κ2) is 6.10. The fraction of sp³-hybridized carbons (Fsp3) is 0.526. The normalized spacial score (nSPS) is 31.2. The Morgan fingerprint density at radius 1 is 1.13 bits per heavy atom. The van der Waals surface area contributed by atoms with Crippen LogP contribution < -0.4 is 0 Å². The van der Waals surface area contributed by atoms with E-state index in [9.17, 15) is 5.11 Å². The number of rotatable bonds is 4. The van der Waals surface area contributed by atoms with Crippen LogP contribution in [0.15, 0.2) is 48.8 Å². The van der Waals surface area contributed by atoms with Crippen LogP contribution in [-0.4, -0.2) is 39.4 Å². The van der Waals surface area contributed by atoms with Gasteiger partial charge >= 0.3 is 0 Å². The van der Waals surface area contributed by atoms with Crippen molar-refractivity contribution < 1.29 is 5.11 Å². The summed E-state index contributed by atoms with van der Waals surface area (Å²) >= 11 is 0. The molecule has 1 aromatic carbocycles. The zero-order valence-corrected chi connectivity index (χ0v) is 13.5. The fourth-order valence-corrected chi connectivity index (χ4v) is 4.56. The van der Waals surface area contributed by atoms with Crippen molar-refractivity contribution in [1.29, 1.82) is 0 Å². The van der Waals surface area contributed by atoms with Crippen molar-refractivity contribution in [1.82, 2.24) is 14.7 Å². The van der Waals surface area contributed by atoms with Crippen LogP contribution in [0.4, 0.5) is 0 Å². The quantitative estimate of drug-likeness (QED) is 0.943. The molecule has 23 heavy (non-hydrogen) atoms. The van der Waals surface area contributed by atoms with Crippen LogP contribution >= 0.6 is 0 Å².